The van der Waals surface area contributed by atoms with Gasteiger partial charge in [-0.25, -0.2) is 0 Å². The number of aromatic hydroxyl groups is 1. The van der Waals surface area contributed by atoms with Crippen LogP contribution in [0.1, 0.15) is 41.6 Å². The average molecular weight is 304 g/mol. The minimum absolute atomic E-state index is 0.170. The van der Waals surface area contributed by atoms with Crippen molar-refractivity contribution in [3.05, 3.63) is 45.1 Å². The molecule has 1 heterocycles. The van der Waals surface area contributed by atoms with Crippen molar-refractivity contribution in [2.45, 2.75) is 33.1 Å². The first-order valence-corrected chi connectivity index (χ1v) is 7.57. The number of rotatable bonds is 1. The number of hydrogen-bond donors (Lipinski definition) is 1. The Morgan fingerprint density at radius 3 is 2.43 bits per heavy atom. The van der Waals surface area contributed by atoms with E-state index in [-0.39, 0.29) is 17.2 Å². The molecule has 1 aromatic heterocycles. The summed E-state index contributed by atoms with van der Waals surface area (Å²) >= 11 is 1.35. The summed E-state index contributed by atoms with van der Waals surface area (Å²) in [4.78, 5) is 17.8. The van der Waals surface area contributed by atoms with E-state index in [9.17, 15) is 9.90 Å². The number of aromatic nitrogens is 1. The molecule has 0 aliphatic heterocycles. The molecule has 0 aliphatic carbocycles. The van der Waals surface area contributed by atoms with Crippen LogP contribution in [0.25, 0.3) is 0 Å². The zero-order valence-corrected chi connectivity index (χ0v) is 13.8. The van der Waals surface area contributed by atoms with Crippen molar-refractivity contribution in [1.82, 2.24) is 4.57 Å². The predicted octanol–water partition coefficient (Wildman–Crippen LogP) is 3.14. The summed E-state index contributed by atoms with van der Waals surface area (Å²) in [6, 6.07) is 7.36. The molecule has 0 radical (unpaired) electrons. The van der Waals surface area contributed by atoms with E-state index in [1.54, 1.807) is 17.7 Å². The molecule has 0 fully saturated rings. The van der Waals surface area contributed by atoms with E-state index >= 15 is 0 Å². The van der Waals surface area contributed by atoms with E-state index in [0.717, 1.165) is 10.4 Å². The summed E-state index contributed by atoms with van der Waals surface area (Å²) in [5, 5.41) is 10.2. The van der Waals surface area contributed by atoms with Crippen LogP contribution in [0.2, 0.25) is 0 Å². The lowest BCUT2D eigenvalue weighted by molar-refractivity contribution is 0.0997. The van der Waals surface area contributed by atoms with E-state index < -0.39 is 0 Å². The van der Waals surface area contributed by atoms with Crippen molar-refractivity contribution < 1.29 is 9.90 Å². The molecule has 112 valence electrons. The molecule has 1 aromatic carbocycles. The summed E-state index contributed by atoms with van der Waals surface area (Å²) in [7, 11) is 1.71. The Balaban J connectivity index is 2.53. The van der Waals surface area contributed by atoms with E-state index in [4.69, 9.17) is 0 Å². The SMILES string of the molecule is Cc1ccccc1C(=O)N=c1sc(C(C)(C)C)c(O)n1C. The van der Waals surface area contributed by atoms with Crippen LogP contribution < -0.4 is 4.80 Å². The number of amides is 1. The summed E-state index contributed by atoms with van der Waals surface area (Å²) in [5.74, 6) is -0.116. The van der Waals surface area contributed by atoms with E-state index in [0.29, 0.717) is 10.4 Å². The van der Waals surface area contributed by atoms with Crippen LogP contribution in [-0.4, -0.2) is 15.6 Å². The monoisotopic (exact) mass is 304 g/mol. The molecule has 0 saturated carbocycles. The minimum atomic E-state index is -0.287. The molecule has 0 aliphatic rings. The second-order valence-electron chi connectivity index (χ2n) is 6.08. The number of nitrogens with zero attached hydrogens (tertiary/aromatic N) is 2. The molecular formula is C16H20N2O2S. The highest BCUT2D eigenvalue weighted by Crippen LogP contribution is 2.32. The Hall–Kier alpha value is -1.88. The first-order chi connectivity index (χ1) is 9.71. The average Bonchev–Trinajstić information content (AvgIpc) is 2.67. The van der Waals surface area contributed by atoms with E-state index in [2.05, 4.69) is 4.99 Å². The summed E-state index contributed by atoms with van der Waals surface area (Å²) in [6.07, 6.45) is 0. The van der Waals surface area contributed by atoms with E-state index in [1.165, 1.54) is 11.3 Å². The molecule has 0 unspecified atom stereocenters. The van der Waals surface area contributed by atoms with E-state index in [1.807, 2.05) is 45.9 Å². The molecular weight excluding hydrogens is 284 g/mol. The number of hydrogen-bond acceptors (Lipinski definition) is 3. The Labute approximate surface area is 128 Å². The molecule has 4 nitrogen and oxygen atoms in total. The molecule has 5 heteroatoms. The third-order valence-electron chi connectivity index (χ3n) is 3.25. The van der Waals surface area contributed by atoms with Crippen molar-refractivity contribution in [2.75, 3.05) is 0 Å². The van der Waals surface area contributed by atoms with Gasteiger partial charge in [-0.15, -0.1) is 0 Å². The van der Waals surface area contributed by atoms with Gasteiger partial charge in [-0.05, 0) is 18.6 Å². The maximum absolute atomic E-state index is 12.3. The van der Waals surface area contributed by atoms with Crippen LogP contribution in [0.15, 0.2) is 29.3 Å². The lowest BCUT2D eigenvalue weighted by atomic mass is 9.95. The van der Waals surface area contributed by atoms with Crippen LogP contribution in [0, 0.1) is 6.92 Å². The Morgan fingerprint density at radius 1 is 1.29 bits per heavy atom. The third kappa shape index (κ3) is 3.08. The lowest BCUT2D eigenvalue weighted by Crippen LogP contribution is -2.13. The number of thiazole rings is 1. The van der Waals surface area contributed by atoms with Gasteiger partial charge in [0.05, 0.1) is 4.88 Å². The molecule has 0 atom stereocenters. The summed E-state index contributed by atoms with van der Waals surface area (Å²) < 4.78 is 1.56. The number of aryl methyl sites for hydroxylation is 1. The normalized spacial score (nSPS) is 12.7. The number of benzene rings is 1. The summed E-state index contributed by atoms with van der Waals surface area (Å²) in [6.45, 7) is 7.94. The van der Waals surface area contributed by atoms with Gasteiger partial charge < -0.3 is 5.11 Å². The second kappa shape index (κ2) is 5.48. The van der Waals surface area contributed by atoms with Gasteiger partial charge in [0.15, 0.2) is 4.80 Å². The third-order valence-corrected chi connectivity index (χ3v) is 4.80. The van der Waals surface area contributed by atoms with Gasteiger partial charge in [0.25, 0.3) is 5.91 Å². The Morgan fingerprint density at radius 2 is 1.90 bits per heavy atom. The topological polar surface area (TPSA) is 54.6 Å². The number of carbonyl (C=O) groups is 1. The molecule has 0 spiro atoms. The largest absolute Gasteiger partial charge is 0.494 e. The maximum Gasteiger partial charge on any atom is 0.279 e. The smallest absolute Gasteiger partial charge is 0.279 e. The highest BCUT2D eigenvalue weighted by Gasteiger charge is 2.23. The van der Waals surface area contributed by atoms with Crippen LogP contribution in [0.4, 0.5) is 0 Å². The predicted molar refractivity (Wildman–Crippen MR) is 84.7 cm³/mol. The Kier molecular flexibility index (Phi) is 4.05. The molecule has 21 heavy (non-hydrogen) atoms. The zero-order valence-electron chi connectivity index (χ0n) is 13.0. The fourth-order valence-corrected chi connectivity index (χ4v) is 3.06. The first kappa shape index (κ1) is 15.5. The molecule has 0 bridgehead atoms. The quantitative estimate of drug-likeness (QED) is 0.880. The van der Waals surface area contributed by atoms with Gasteiger partial charge in [0.2, 0.25) is 5.88 Å². The molecule has 2 aromatic rings. The van der Waals surface area contributed by atoms with Crippen molar-refractivity contribution in [3.63, 3.8) is 0 Å². The van der Waals surface area contributed by atoms with Crippen LogP contribution in [-0.2, 0) is 12.5 Å². The van der Waals surface area contributed by atoms with Crippen LogP contribution in [0.5, 0.6) is 5.88 Å². The van der Waals surface area contributed by atoms with Crippen LogP contribution >= 0.6 is 11.3 Å². The van der Waals surface area contributed by atoms with Crippen molar-refractivity contribution >= 4 is 17.2 Å². The van der Waals surface area contributed by atoms with Gasteiger partial charge in [0, 0.05) is 18.0 Å². The molecule has 2 rings (SSSR count). The molecule has 0 saturated heterocycles. The van der Waals surface area contributed by atoms with Crippen molar-refractivity contribution in [2.24, 2.45) is 12.0 Å². The highest BCUT2D eigenvalue weighted by atomic mass is 32.1. The van der Waals surface area contributed by atoms with Crippen LogP contribution in [0.3, 0.4) is 0 Å². The van der Waals surface area contributed by atoms with Gasteiger partial charge in [-0.2, -0.15) is 4.99 Å². The van der Waals surface area contributed by atoms with Crippen molar-refractivity contribution in [1.29, 1.82) is 0 Å². The lowest BCUT2D eigenvalue weighted by Gasteiger charge is -2.15. The highest BCUT2D eigenvalue weighted by molar-refractivity contribution is 7.09. The fourth-order valence-electron chi connectivity index (χ4n) is 1.99. The van der Waals surface area contributed by atoms with Gasteiger partial charge in [0.1, 0.15) is 0 Å². The fraction of sp³-hybridized carbons (Fsp3) is 0.375. The minimum Gasteiger partial charge on any atom is -0.494 e. The van der Waals surface area contributed by atoms with Gasteiger partial charge >= 0.3 is 0 Å². The Bertz CT molecular complexity index is 748. The molecule has 1 amide bonds. The second-order valence-corrected chi connectivity index (χ2v) is 7.06. The maximum atomic E-state index is 12.3. The standard InChI is InChI=1S/C16H20N2O2S/c1-10-8-6-7-9-11(10)13(19)17-15-18(5)14(20)12(21-15)16(2,3)4/h6-9,20H,1-5H3. The first-order valence-electron chi connectivity index (χ1n) is 6.75. The van der Waals surface area contributed by atoms with Gasteiger partial charge in [-0.3, -0.25) is 9.36 Å². The van der Waals surface area contributed by atoms with Gasteiger partial charge in [-0.1, -0.05) is 50.3 Å². The van der Waals surface area contributed by atoms with Crippen molar-refractivity contribution in [3.8, 4) is 5.88 Å². The molecule has 1 N–H and O–H groups in total. The zero-order chi connectivity index (χ0) is 15.8. The summed E-state index contributed by atoms with van der Waals surface area (Å²) in [5.41, 5.74) is 1.29. The number of carbonyl (C=O) groups excluding carboxylic acids is 1.